The minimum absolute atomic E-state index is 0.0263. The van der Waals surface area contributed by atoms with E-state index < -0.39 is 28.2 Å². The Morgan fingerprint density at radius 2 is 1.94 bits per heavy atom. The van der Waals surface area contributed by atoms with Crippen LogP contribution in [0, 0.1) is 0 Å². The number of hydrogen-bond donors (Lipinski definition) is 1. The Hall–Kier alpha value is -3.03. The van der Waals surface area contributed by atoms with Crippen molar-refractivity contribution in [2.75, 3.05) is 18.4 Å². The molecule has 11 nitrogen and oxygen atoms in total. The quantitative estimate of drug-likeness (QED) is 0.456. The van der Waals surface area contributed by atoms with Crippen LogP contribution in [0.5, 0.6) is 5.75 Å². The van der Waals surface area contributed by atoms with Crippen molar-refractivity contribution < 1.29 is 17.9 Å². The van der Waals surface area contributed by atoms with Crippen molar-refractivity contribution in [3.63, 3.8) is 0 Å². The molecule has 2 heterocycles. The van der Waals surface area contributed by atoms with Crippen LogP contribution in [0.3, 0.4) is 0 Å². The first-order chi connectivity index (χ1) is 15.7. The molecule has 0 bridgehead atoms. The first-order valence-corrected chi connectivity index (χ1v) is 12.7. The molecule has 33 heavy (non-hydrogen) atoms. The molecular weight excluding hydrogens is 468 g/mol. The maximum Gasteiger partial charge on any atom is 0.369 e. The monoisotopic (exact) mass is 494 g/mol. The molecule has 3 rings (SSSR count). The minimum atomic E-state index is -3.75. The largest absolute Gasteiger partial charge is 0.489 e. The van der Waals surface area contributed by atoms with E-state index in [1.165, 1.54) is 33.8 Å². The summed E-state index contributed by atoms with van der Waals surface area (Å²) in [6.45, 7) is 7.35. The highest BCUT2D eigenvalue weighted by molar-refractivity contribution is 7.89. The summed E-state index contributed by atoms with van der Waals surface area (Å²) in [5.41, 5.74) is -0.384. The zero-order valence-electron chi connectivity index (χ0n) is 18.8. The van der Waals surface area contributed by atoms with Crippen LogP contribution in [-0.4, -0.2) is 57.6 Å². The predicted octanol–water partition coefficient (Wildman–Crippen LogP) is 1.95. The second-order valence-corrected chi connectivity index (χ2v) is 10.1. The van der Waals surface area contributed by atoms with E-state index in [1.54, 1.807) is 31.4 Å². The van der Waals surface area contributed by atoms with Gasteiger partial charge in [0.25, 0.3) is 0 Å². The van der Waals surface area contributed by atoms with Crippen molar-refractivity contribution in [1.82, 2.24) is 24.1 Å². The molecule has 0 fully saturated rings. The Morgan fingerprint density at radius 1 is 1.21 bits per heavy atom. The van der Waals surface area contributed by atoms with Gasteiger partial charge in [-0.3, -0.25) is 4.79 Å². The molecule has 1 amide bonds. The van der Waals surface area contributed by atoms with Crippen LogP contribution in [0.2, 0.25) is 0 Å². The third kappa shape index (κ3) is 5.49. The number of tetrazole rings is 1. The lowest BCUT2D eigenvalue weighted by Gasteiger charge is -2.20. The van der Waals surface area contributed by atoms with Crippen LogP contribution in [0.25, 0.3) is 5.00 Å². The standard InChI is InChI=1S/C20H26N6O5S2/c1-5-24(6-2)33(29,30)15-9-10-17(31-14(3)4)16(12-15)21-18(27)13-25-20(28)26(23-22-25)19-8-7-11-32-19/h7-12,14H,5-6,13H2,1-4H3,(H,21,27). The van der Waals surface area contributed by atoms with Crippen molar-refractivity contribution in [1.29, 1.82) is 0 Å². The lowest BCUT2D eigenvalue weighted by atomic mass is 10.2. The Kier molecular flexibility index (Phi) is 7.66. The molecule has 0 radical (unpaired) electrons. The number of benzene rings is 1. The number of thiophene rings is 1. The highest BCUT2D eigenvalue weighted by Gasteiger charge is 2.24. The summed E-state index contributed by atoms with van der Waals surface area (Å²) in [5, 5.41) is 12.6. The molecule has 0 unspecified atom stereocenters. The number of rotatable bonds is 10. The zero-order valence-corrected chi connectivity index (χ0v) is 20.4. The van der Waals surface area contributed by atoms with Crippen molar-refractivity contribution in [3.8, 4) is 10.8 Å². The molecule has 1 aromatic carbocycles. The Bertz CT molecular complexity index is 1260. The summed E-state index contributed by atoms with van der Waals surface area (Å²) in [7, 11) is -3.75. The summed E-state index contributed by atoms with van der Waals surface area (Å²) >= 11 is 1.31. The van der Waals surface area contributed by atoms with E-state index in [-0.39, 0.29) is 16.7 Å². The maximum absolute atomic E-state index is 12.9. The molecule has 178 valence electrons. The van der Waals surface area contributed by atoms with Gasteiger partial charge in [0.05, 0.1) is 16.7 Å². The van der Waals surface area contributed by atoms with Crippen molar-refractivity contribution in [3.05, 3.63) is 46.2 Å². The predicted molar refractivity (Wildman–Crippen MR) is 124 cm³/mol. The van der Waals surface area contributed by atoms with Crippen LogP contribution in [-0.2, 0) is 21.4 Å². The number of carbonyl (C=O) groups is 1. The van der Waals surface area contributed by atoms with Gasteiger partial charge in [-0.05, 0) is 60.0 Å². The van der Waals surface area contributed by atoms with Crippen molar-refractivity contribution in [2.24, 2.45) is 0 Å². The van der Waals surface area contributed by atoms with Gasteiger partial charge in [0.15, 0.2) is 0 Å². The second kappa shape index (κ2) is 10.3. The van der Waals surface area contributed by atoms with Crippen molar-refractivity contribution >= 4 is 33.0 Å². The van der Waals surface area contributed by atoms with E-state index in [9.17, 15) is 18.0 Å². The lowest BCUT2D eigenvalue weighted by Crippen LogP contribution is -2.31. The summed E-state index contributed by atoms with van der Waals surface area (Å²) in [5.74, 6) is -0.271. The van der Waals surface area contributed by atoms with Crippen LogP contribution >= 0.6 is 11.3 Å². The number of ether oxygens (including phenoxy) is 1. The van der Waals surface area contributed by atoms with Crippen LogP contribution in [0.1, 0.15) is 27.7 Å². The van der Waals surface area contributed by atoms with Crippen LogP contribution < -0.4 is 15.7 Å². The molecule has 0 aliphatic heterocycles. The molecule has 2 aromatic heterocycles. The third-order valence-corrected chi connectivity index (χ3v) is 7.47. The molecular formula is C20H26N6O5S2. The van der Waals surface area contributed by atoms with Gasteiger partial charge in [0.1, 0.15) is 17.3 Å². The number of anilines is 1. The van der Waals surface area contributed by atoms with Gasteiger partial charge in [-0.1, -0.05) is 13.8 Å². The van der Waals surface area contributed by atoms with Gasteiger partial charge in [0.2, 0.25) is 15.9 Å². The average molecular weight is 495 g/mol. The number of sulfonamides is 1. The Morgan fingerprint density at radius 3 is 2.55 bits per heavy atom. The fraction of sp³-hybridized carbons (Fsp3) is 0.400. The highest BCUT2D eigenvalue weighted by Crippen LogP contribution is 2.30. The number of carbonyl (C=O) groups excluding carboxylic acids is 1. The van der Waals surface area contributed by atoms with Gasteiger partial charge in [-0.25, -0.2) is 13.2 Å². The normalized spacial score (nSPS) is 11.8. The van der Waals surface area contributed by atoms with E-state index in [2.05, 4.69) is 15.7 Å². The van der Waals surface area contributed by atoms with Gasteiger partial charge < -0.3 is 10.1 Å². The van der Waals surface area contributed by atoms with E-state index in [1.807, 2.05) is 13.8 Å². The third-order valence-electron chi connectivity index (χ3n) is 4.58. The van der Waals surface area contributed by atoms with Gasteiger partial charge >= 0.3 is 5.69 Å². The highest BCUT2D eigenvalue weighted by atomic mass is 32.2. The molecule has 0 aliphatic rings. The lowest BCUT2D eigenvalue weighted by molar-refractivity contribution is -0.117. The van der Waals surface area contributed by atoms with Gasteiger partial charge in [-0.15, -0.1) is 11.3 Å². The molecule has 0 aliphatic carbocycles. The zero-order chi connectivity index (χ0) is 24.2. The number of amides is 1. The smallest absolute Gasteiger partial charge is 0.369 e. The SMILES string of the molecule is CCN(CC)S(=O)(=O)c1ccc(OC(C)C)c(NC(=O)Cn2nnn(-c3cccs3)c2=O)c1. The number of hydrogen-bond acceptors (Lipinski definition) is 8. The van der Waals surface area contributed by atoms with E-state index in [4.69, 9.17) is 4.74 Å². The summed E-state index contributed by atoms with van der Waals surface area (Å²) in [6.07, 6.45) is -0.209. The minimum Gasteiger partial charge on any atom is -0.489 e. The van der Waals surface area contributed by atoms with Gasteiger partial charge in [0, 0.05) is 13.1 Å². The molecule has 3 aromatic rings. The molecule has 0 saturated carbocycles. The first kappa shape index (κ1) is 24.6. The first-order valence-electron chi connectivity index (χ1n) is 10.3. The van der Waals surface area contributed by atoms with E-state index >= 15 is 0 Å². The fourth-order valence-corrected chi connectivity index (χ4v) is 5.22. The van der Waals surface area contributed by atoms with E-state index in [0.717, 1.165) is 9.36 Å². The average Bonchev–Trinajstić information content (AvgIpc) is 3.40. The topological polar surface area (TPSA) is 128 Å². The summed E-state index contributed by atoms with van der Waals surface area (Å²) < 4.78 is 34.9. The molecule has 13 heteroatoms. The molecule has 0 spiro atoms. The van der Waals surface area contributed by atoms with Gasteiger partial charge in [-0.2, -0.15) is 13.7 Å². The molecule has 0 atom stereocenters. The second-order valence-electron chi connectivity index (χ2n) is 7.24. The fourth-order valence-electron chi connectivity index (χ4n) is 3.06. The van der Waals surface area contributed by atoms with Crippen molar-refractivity contribution in [2.45, 2.75) is 45.2 Å². The maximum atomic E-state index is 12.9. The Labute approximate surface area is 195 Å². The molecule has 0 saturated heterocycles. The van der Waals surface area contributed by atoms with Crippen LogP contribution in [0.15, 0.2) is 45.4 Å². The summed E-state index contributed by atoms with van der Waals surface area (Å²) in [4.78, 5) is 25.3. The Balaban J connectivity index is 1.88. The van der Waals surface area contributed by atoms with Crippen LogP contribution in [0.4, 0.5) is 5.69 Å². The molecule has 1 N–H and O–H groups in total. The number of nitrogens with zero attached hydrogens (tertiary/aromatic N) is 5. The summed E-state index contributed by atoms with van der Waals surface area (Å²) in [6, 6.07) is 7.79. The number of aromatic nitrogens is 4. The van der Waals surface area contributed by atoms with E-state index in [0.29, 0.717) is 23.8 Å². The number of nitrogens with one attached hydrogen (secondary N) is 1.